The van der Waals surface area contributed by atoms with Gasteiger partial charge in [-0.05, 0) is 0 Å². The fourth-order valence-electron chi connectivity index (χ4n) is 4.59. The van der Waals surface area contributed by atoms with Gasteiger partial charge in [0.2, 0.25) is 20.0 Å². The number of nitrogens with two attached hydrogens (primary N) is 1. The van der Waals surface area contributed by atoms with Crippen molar-refractivity contribution in [2.24, 2.45) is 5.16 Å². The maximum Gasteiger partial charge on any atom is 0.352 e. The number of carbonyl (C=O) groups excluding carboxylic acids is 3. The molecule has 24 heteroatoms. The number of carboxylic acids is 1. The molecule has 0 aliphatic carbocycles. The van der Waals surface area contributed by atoms with E-state index in [0.717, 1.165) is 16.2 Å². The first-order chi connectivity index (χ1) is 22.1. The number of nitrogen functional groups attached to an aromatic ring is 1. The molecule has 5 heterocycles. The number of aromatic nitrogens is 1. The first-order valence-corrected chi connectivity index (χ1v) is 18.9. The maximum atomic E-state index is 12.7. The zero-order valence-corrected chi connectivity index (χ0v) is 28.3. The van der Waals surface area contributed by atoms with E-state index < -0.39 is 55.2 Å². The number of esters is 1. The molecule has 0 radical (unpaired) electrons. The highest BCUT2D eigenvalue weighted by molar-refractivity contribution is 8.00. The Hall–Kier alpha value is -3.39. The second kappa shape index (κ2) is 15.2. The number of sulfonamides is 2. The van der Waals surface area contributed by atoms with E-state index in [0.29, 0.717) is 25.3 Å². The van der Waals surface area contributed by atoms with Gasteiger partial charge in [-0.1, -0.05) is 5.16 Å². The molecule has 20 nitrogen and oxygen atoms in total. The minimum atomic E-state index is -3.10. The highest BCUT2D eigenvalue weighted by Crippen LogP contribution is 2.40. The van der Waals surface area contributed by atoms with Crippen molar-refractivity contribution in [1.29, 1.82) is 0 Å². The number of fused-ring (bicyclic) bond motifs is 1. The molecule has 2 atom stereocenters. The van der Waals surface area contributed by atoms with Crippen LogP contribution in [-0.2, 0) is 48.8 Å². The molecule has 4 aliphatic rings. The molecule has 0 saturated carbocycles. The van der Waals surface area contributed by atoms with Crippen molar-refractivity contribution in [2.45, 2.75) is 18.3 Å². The van der Waals surface area contributed by atoms with Crippen LogP contribution in [0.3, 0.4) is 0 Å². The molecule has 4 aliphatic heterocycles. The van der Waals surface area contributed by atoms with Crippen LogP contribution in [0.4, 0.5) is 5.13 Å². The van der Waals surface area contributed by atoms with Crippen LogP contribution < -0.4 is 20.5 Å². The van der Waals surface area contributed by atoms with Gasteiger partial charge in [0, 0.05) is 36.7 Å². The summed E-state index contributed by atoms with van der Waals surface area (Å²) in [5.41, 5.74) is 5.67. The Morgan fingerprint density at radius 2 is 1.77 bits per heavy atom. The van der Waals surface area contributed by atoms with Gasteiger partial charge in [0.05, 0.1) is 31.5 Å². The van der Waals surface area contributed by atoms with E-state index in [-0.39, 0.29) is 59.4 Å². The molecule has 0 bridgehead atoms. The molecule has 0 spiro atoms. The number of carboxylic acid groups (broad SMARTS) is 1. The largest absolute Gasteiger partial charge is 0.477 e. The summed E-state index contributed by atoms with van der Waals surface area (Å²) in [4.78, 5) is 61.7. The fourth-order valence-corrected chi connectivity index (χ4v) is 8.51. The van der Waals surface area contributed by atoms with Crippen LogP contribution in [0.5, 0.6) is 0 Å². The van der Waals surface area contributed by atoms with E-state index in [1.54, 1.807) is 0 Å². The van der Waals surface area contributed by atoms with Crippen molar-refractivity contribution < 1.29 is 50.7 Å². The van der Waals surface area contributed by atoms with Crippen molar-refractivity contribution in [3.63, 3.8) is 0 Å². The zero-order chi connectivity index (χ0) is 34.5. The molecule has 260 valence electrons. The Bertz CT molecular complexity index is 1610. The smallest absolute Gasteiger partial charge is 0.352 e. The average Bonchev–Trinajstić information content (AvgIpc) is 3.44. The maximum absolute atomic E-state index is 12.7. The van der Waals surface area contributed by atoms with Gasteiger partial charge in [-0.3, -0.25) is 29.1 Å². The van der Waals surface area contributed by atoms with Gasteiger partial charge < -0.3 is 25.7 Å². The summed E-state index contributed by atoms with van der Waals surface area (Å²) in [6.45, 7) is 3.04. The predicted octanol–water partition coefficient (Wildman–Crippen LogP) is -3.29. The van der Waals surface area contributed by atoms with Crippen molar-refractivity contribution in [3.05, 3.63) is 22.3 Å². The van der Waals surface area contributed by atoms with Gasteiger partial charge in [0.15, 0.2) is 10.8 Å². The van der Waals surface area contributed by atoms with Gasteiger partial charge in [-0.25, -0.2) is 36.1 Å². The molecule has 3 fully saturated rings. The summed E-state index contributed by atoms with van der Waals surface area (Å²) in [6.07, 6.45) is 0. The zero-order valence-electron chi connectivity index (χ0n) is 25.1. The van der Waals surface area contributed by atoms with E-state index >= 15 is 0 Å². The lowest BCUT2D eigenvalue weighted by Crippen LogP contribution is -2.71. The van der Waals surface area contributed by atoms with Crippen LogP contribution in [0.15, 0.2) is 21.8 Å². The number of rotatable bonds is 9. The first kappa shape index (κ1) is 36.4. The number of β-lactam (4-membered cyclic amide) rings is 1. The number of anilines is 1. The SMILES string of the molecule is CO/N=C(/C(=O)N[C@@H]1C(=O)N2C(C(=O)O)=C(COC(C)=O)CS[C@H]12)c1csc(N)n1.O=S1(=O)CCN(CN2CCS(=O)(=O)NC2)CN1. The molecule has 1 aromatic heterocycles. The number of nitrogens with zero attached hydrogens (tertiary/aromatic N) is 5. The van der Waals surface area contributed by atoms with Crippen molar-refractivity contribution in [1.82, 2.24) is 34.4 Å². The van der Waals surface area contributed by atoms with Crippen molar-refractivity contribution in [2.75, 3.05) is 69.8 Å². The number of oxime groups is 1. The normalized spacial score (nSPS) is 24.3. The third-order valence-electron chi connectivity index (χ3n) is 6.92. The average molecular weight is 740 g/mol. The Morgan fingerprint density at radius 3 is 2.23 bits per heavy atom. The Kier molecular flexibility index (Phi) is 11.8. The third-order valence-corrected chi connectivity index (χ3v) is 11.5. The number of thiazole rings is 1. The first-order valence-electron chi connectivity index (χ1n) is 13.7. The van der Waals surface area contributed by atoms with E-state index in [9.17, 15) is 41.1 Å². The monoisotopic (exact) mass is 739 g/mol. The van der Waals surface area contributed by atoms with Crippen molar-refractivity contribution >= 4 is 77.7 Å². The molecule has 0 aromatic carbocycles. The summed E-state index contributed by atoms with van der Waals surface area (Å²) in [6, 6.07) is -0.967. The standard InChI is InChI=1S/C16H17N5O7S2.C7H16N4O4S2/c1-6(22)28-3-7-4-29-14-10(13(24)21(14)11(7)15(25)26)19-12(23)9(20-27-2)8-5-30-16(17)18-8;12-16(13)3-1-10(5-8-16)7-11-2-4-17(14,15)9-6-11/h5,10,14H,3-4H2,1-2H3,(H2,17,18)(H,19,23)(H,25,26);8-9H,1-7H2/b20-9+;/t10-,14-;/m1./s1. The molecule has 3 saturated heterocycles. The van der Waals surface area contributed by atoms with Gasteiger partial charge in [-0.15, -0.1) is 23.1 Å². The van der Waals surface area contributed by atoms with Crippen LogP contribution in [0.25, 0.3) is 0 Å². The quantitative estimate of drug-likeness (QED) is 0.0718. The lowest BCUT2D eigenvalue weighted by Gasteiger charge is -2.49. The second-order valence-electron chi connectivity index (χ2n) is 10.3. The lowest BCUT2D eigenvalue weighted by molar-refractivity contribution is -0.150. The van der Waals surface area contributed by atoms with Crippen LogP contribution in [0, 0.1) is 0 Å². The molecular weight excluding hydrogens is 707 g/mol. The molecule has 47 heavy (non-hydrogen) atoms. The second-order valence-corrected chi connectivity index (χ2v) is 16.1. The van der Waals surface area contributed by atoms with Crippen LogP contribution in [0.1, 0.15) is 12.6 Å². The fraction of sp³-hybridized carbons (Fsp3) is 0.565. The number of hydrogen-bond acceptors (Lipinski definition) is 17. The Labute approximate surface area is 277 Å². The van der Waals surface area contributed by atoms with E-state index in [1.807, 2.05) is 9.80 Å². The van der Waals surface area contributed by atoms with Gasteiger partial charge in [-0.2, -0.15) is 0 Å². The summed E-state index contributed by atoms with van der Waals surface area (Å²) in [5, 5.41) is 16.9. The molecule has 1 aromatic rings. The van der Waals surface area contributed by atoms with Crippen LogP contribution in [0.2, 0.25) is 0 Å². The summed E-state index contributed by atoms with van der Waals surface area (Å²) >= 11 is 2.35. The van der Waals surface area contributed by atoms with Crippen molar-refractivity contribution in [3.8, 4) is 0 Å². The predicted molar refractivity (Wildman–Crippen MR) is 168 cm³/mol. The highest BCUT2D eigenvalue weighted by Gasteiger charge is 2.54. The summed E-state index contributed by atoms with van der Waals surface area (Å²) in [5.74, 6) is -2.80. The van der Waals surface area contributed by atoms with E-state index in [4.69, 9.17) is 10.5 Å². The number of hydrogen-bond donors (Lipinski definition) is 5. The number of carbonyl (C=O) groups is 4. The third kappa shape index (κ3) is 9.37. The summed E-state index contributed by atoms with van der Waals surface area (Å²) in [7, 11) is -4.94. The number of aliphatic carboxylic acids is 1. The highest BCUT2D eigenvalue weighted by atomic mass is 32.2. The molecule has 5 rings (SSSR count). The van der Waals surface area contributed by atoms with Gasteiger partial charge in [0.1, 0.15) is 36.5 Å². The number of amides is 2. The molecule has 0 unspecified atom stereocenters. The van der Waals surface area contributed by atoms with E-state index in [2.05, 4.69) is 29.7 Å². The van der Waals surface area contributed by atoms with Crippen LogP contribution in [-0.4, -0.2) is 147 Å². The molecule has 2 amide bonds. The Morgan fingerprint density at radius 1 is 1.15 bits per heavy atom. The molecule has 6 N–H and O–H groups in total. The van der Waals surface area contributed by atoms with Gasteiger partial charge in [0.25, 0.3) is 11.8 Å². The Balaban J connectivity index is 0.000000248. The number of ether oxygens (including phenoxy) is 1. The van der Waals surface area contributed by atoms with Crippen LogP contribution >= 0.6 is 23.1 Å². The van der Waals surface area contributed by atoms with E-state index in [1.165, 1.54) is 31.2 Å². The minimum absolute atomic E-state index is 0.0898. The number of thioether (sulfide) groups is 1. The number of nitrogens with one attached hydrogen (secondary N) is 3. The minimum Gasteiger partial charge on any atom is -0.477 e. The molecular formula is C23H33N9O11S4. The summed E-state index contributed by atoms with van der Waals surface area (Å²) < 4.78 is 54.3. The van der Waals surface area contributed by atoms with Gasteiger partial charge >= 0.3 is 11.9 Å². The topological polar surface area (TPSA) is 272 Å². The lowest BCUT2D eigenvalue weighted by atomic mass is 10.0.